The number of amides is 1. The second-order valence-electron chi connectivity index (χ2n) is 5.57. The smallest absolute Gasteiger partial charge is 0.239 e. The molecule has 110 valence electrons. The van der Waals surface area contributed by atoms with Crippen molar-refractivity contribution in [2.75, 3.05) is 32.8 Å². The van der Waals surface area contributed by atoms with Crippen LogP contribution >= 0.6 is 0 Å². The molecule has 1 aliphatic carbocycles. The summed E-state index contributed by atoms with van der Waals surface area (Å²) >= 11 is 0. The number of carbonyl (C=O) groups is 1. The molecule has 5 nitrogen and oxygen atoms in total. The molecule has 1 saturated carbocycles. The predicted molar refractivity (Wildman–Crippen MR) is 74.8 cm³/mol. The number of morpholine rings is 1. The van der Waals surface area contributed by atoms with Crippen molar-refractivity contribution in [2.45, 2.75) is 44.7 Å². The molecule has 1 heterocycles. The van der Waals surface area contributed by atoms with Gasteiger partial charge in [0.25, 0.3) is 0 Å². The number of nitrogens with one attached hydrogen (secondary N) is 1. The molecule has 0 aromatic rings. The Bertz CT molecular complexity index is 298. The van der Waals surface area contributed by atoms with Gasteiger partial charge in [0, 0.05) is 19.1 Å². The van der Waals surface area contributed by atoms with Gasteiger partial charge in [-0.1, -0.05) is 12.8 Å². The fourth-order valence-corrected chi connectivity index (χ4v) is 3.43. The Labute approximate surface area is 115 Å². The summed E-state index contributed by atoms with van der Waals surface area (Å²) in [4.78, 5) is 14.5. The number of hydrogen-bond donors (Lipinski definition) is 2. The standard InChI is InChI=1S/C14H27N3O2/c1-2-16-14(18)13-10-19-8-7-17(13)12-6-4-3-5-11(12)9-15/h11-13H,2-10,15H2,1H3,(H,16,18). The summed E-state index contributed by atoms with van der Waals surface area (Å²) in [6, 6.07) is 0.320. The minimum atomic E-state index is -0.133. The lowest BCUT2D eigenvalue weighted by Gasteiger charge is -2.45. The molecule has 1 saturated heterocycles. The number of nitrogens with two attached hydrogens (primary N) is 1. The first-order chi connectivity index (χ1) is 9.27. The van der Waals surface area contributed by atoms with E-state index in [1.54, 1.807) is 0 Å². The van der Waals surface area contributed by atoms with Gasteiger partial charge in [0.15, 0.2) is 0 Å². The number of nitrogens with zero attached hydrogens (tertiary/aromatic N) is 1. The van der Waals surface area contributed by atoms with Crippen molar-refractivity contribution in [3.05, 3.63) is 0 Å². The van der Waals surface area contributed by atoms with E-state index < -0.39 is 0 Å². The number of likely N-dealkylation sites (N-methyl/N-ethyl adjacent to an activating group) is 1. The second-order valence-corrected chi connectivity index (χ2v) is 5.57. The van der Waals surface area contributed by atoms with E-state index in [0.29, 0.717) is 25.1 Å². The van der Waals surface area contributed by atoms with Gasteiger partial charge in [0.05, 0.1) is 13.2 Å². The molecule has 0 aromatic heterocycles. The van der Waals surface area contributed by atoms with E-state index in [2.05, 4.69) is 10.2 Å². The van der Waals surface area contributed by atoms with Gasteiger partial charge in [0.2, 0.25) is 5.91 Å². The van der Waals surface area contributed by atoms with Crippen molar-refractivity contribution in [1.82, 2.24) is 10.2 Å². The summed E-state index contributed by atoms with van der Waals surface area (Å²) < 4.78 is 5.51. The molecule has 3 unspecified atom stereocenters. The van der Waals surface area contributed by atoms with Crippen molar-refractivity contribution in [3.8, 4) is 0 Å². The Balaban J connectivity index is 2.06. The fourth-order valence-electron chi connectivity index (χ4n) is 3.43. The van der Waals surface area contributed by atoms with E-state index in [0.717, 1.165) is 26.1 Å². The molecular formula is C14H27N3O2. The number of rotatable bonds is 4. The largest absolute Gasteiger partial charge is 0.378 e. The van der Waals surface area contributed by atoms with Crippen LogP contribution in [0.5, 0.6) is 0 Å². The van der Waals surface area contributed by atoms with E-state index in [9.17, 15) is 4.79 Å². The molecule has 0 spiro atoms. The first-order valence-corrected chi connectivity index (χ1v) is 7.59. The van der Waals surface area contributed by atoms with E-state index in [-0.39, 0.29) is 11.9 Å². The minimum absolute atomic E-state index is 0.101. The third-order valence-corrected chi connectivity index (χ3v) is 4.42. The monoisotopic (exact) mass is 269 g/mol. The van der Waals surface area contributed by atoms with Crippen LogP contribution in [0, 0.1) is 5.92 Å². The summed E-state index contributed by atoms with van der Waals surface area (Å²) in [6.07, 6.45) is 4.88. The highest BCUT2D eigenvalue weighted by molar-refractivity contribution is 5.82. The Kier molecular flexibility index (Phi) is 5.60. The highest BCUT2D eigenvalue weighted by Crippen LogP contribution is 2.30. The highest BCUT2D eigenvalue weighted by Gasteiger charge is 2.37. The van der Waals surface area contributed by atoms with Crippen LogP contribution in [0.15, 0.2) is 0 Å². The zero-order valence-corrected chi connectivity index (χ0v) is 11.9. The second kappa shape index (κ2) is 7.22. The van der Waals surface area contributed by atoms with E-state index in [1.807, 2.05) is 6.92 Å². The molecule has 2 rings (SSSR count). The molecule has 3 N–H and O–H groups in total. The lowest BCUT2D eigenvalue weighted by atomic mass is 9.82. The lowest BCUT2D eigenvalue weighted by molar-refractivity contribution is -0.136. The van der Waals surface area contributed by atoms with Crippen molar-refractivity contribution >= 4 is 5.91 Å². The molecule has 3 atom stereocenters. The molecule has 0 radical (unpaired) electrons. The molecule has 5 heteroatoms. The van der Waals surface area contributed by atoms with Gasteiger partial charge in [-0.25, -0.2) is 0 Å². The van der Waals surface area contributed by atoms with Crippen LogP contribution in [0.4, 0.5) is 0 Å². The van der Waals surface area contributed by atoms with Crippen LogP contribution in [-0.4, -0.2) is 55.7 Å². The van der Waals surface area contributed by atoms with Crippen molar-refractivity contribution < 1.29 is 9.53 Å². The molecule has 1 amide bonds. The number of ether oxygens (including phenoxy) is 1. The Morgan fingerprint density at radius 2 is 2.21 bits per heavy atom. The van der Waals surface area contributed by atoms with Gasteiger partial charge in [-0.15, -0.1) is 0 Å². The van der Waals surface area contributed by atoms with Crippen LogP contribution in [-0.2, 0) is 9.53 Å². The molecule has 2 aliphatic rings. The maximum atomic E-state index is 12.2. The topological polar surface area (TPSA) is 67.6 Å². The van der Waals surface area contributed by atoms with Crippen LogP contribution in [0.3, 0.4) is 0 Å². The molecular weight excluding hydrogens is 242 g/mol. The Morgan fingerprint density at radius 3 is 2.95 bits per heavy atom. The van der Waals surface area contributed by atoms with Crippen LogP contribution in [0.25, 0.3) is 0 Å². The van der Waals surface area contributed by atoms with Gasteiger partial charge in [-0.05, 0) is 32.2 Å². The molecule has 0 aromatic carbocycles. The zero-order chi connectivity index (χ0) is 13.7. The zero-order valence-electron chi connectivity index (χ0n) is 11.9. The van der Waals surface area contributed by atoms with E-state index in [4.69, 9.17) is 10.5 Å². The van der Waals surface area contributed by atoms with E-state index in [1.165, 1.54) is 19.3 Å². The third-order valence-electron chi connectivity index (χ3n) is 4.42. The first kappa shape index (κ1) is 14.8. The Morgan fingerprint density at radius 1 is 1.42 bits per heavy atom. The summed E-state index contributed by atoms with van der Waals surface area (Å²) in [5.41, 5.74) is 5.92. The van der Waals surface area contributed by atoms with Crippen molar-refractivity contribution in [1.29, 1.82) is 0 Å². The average Bonchev–Trinajstić information content (AvgIpc) is 2.47. The lowest BCUT2D eigenvalue weighted by Crippen LogP contribution is -2.59. The summed E-state index contributed by atoms with van der Waals surface area (Å²) in [7, 11) is 0. The third kappa shape index (κ3) is 3.46. The van der Waals surface area contributed by atoms with Crippen LogP contribution in [0.1, 0.15) is 32.6 Å². The normalized spacial score (nSPS) is 33.1. The van der Waals surface area contributed by atoms with Gasteiger partial charge in [0.1, 0.15) is 6.04 Å². The summed E-state index contributed by atoms with van der Waals surface area (Å²) in [6.45, 7) is 5.44. The summed E-state index contributed by atoms with van der Waals surface area (Å²) in [5, 5.41) is 2.93. The van der Waals surface area contributed by atoms with E-state index >= 15 is 0 Å². The number of carbonyl (C=O) groups excluding carboxylic acids is 1. The maximum Gasteiger partial charge on any atom is 0.239 e. The van der Waals surface area contributed by atoms with Crippen LogP contribution < -0.4 is 11.1 Å². The molecule has 0 bridgehead atoms. The van der Waals surface area contributed by atoms with Crippen LogP contribution in [0.2, 0.25) is 0 Å². The quantitative estimate of drug-likeness (QED) is 0.772. The highest BCUT2D eigenvalue weighted by atomic mass is 16.5. The van der Waals surface area contributed by atoms with Gasteiger partial charge >= 0.3 is 0 Å². The fraction of sp³-hybridized carbons (Fsp3) is 0.929. The molecule has 1 aliphatic heterocycles. The van der Waals surface area contributed by atoms with Gasteiger partial charge < -0.3 is 15.8 Å². The van der Waals surface area contributed by atoms with Crippen molar-refractivity contribution in [2.24, 2.45) is 11.7 Å². The van der Waals surface area contributed by atoms with Gasteiger partial charge in [-0.3, -0.25) is 9.69 Å². The SMILES string of the molecule is CCNC(=O)C1COCCN1C1CCCCC1CN. The first-order valence-electron chi connectivity index (χ1n) is 7.59. The number of hydrogen-bond acceptors (Lipinski definition) is 4. The predicted octanol–water partition coefficient (Wildman–Crippen LogP) is 0.341. The van der Waals surface area contributed by atoms with Crippen molar-refractivity contribution in [3.63, 3.8) is 0 Å². The summed E-state index contributed by atoms with van der Waals surface area (Å²) in [5.74, 6) is 0.632. The molecule has 2 fully saturated rings. The maximum absolute atomic E-state index is 12.2. The minimum Gasteiger partial charge on any atom is -0.378 e. The average molecular weight is 269 g/mol. The van der Waals surface area contributed by atoms with Gasteiger partial charge in [-0.2, -0.15) is 0 Å². The molecule has 19 heavy (non-hydrogen) atoms. The Hall–Kier alpha value is -0.650.